The fraction of sp³-hybridized carbons (Fsp3) is 0.857. The minimum Gasteiger partial charge on any atom is -0.481 e. The molecule has 1 aliphatic heterocycles. The molecule has 1 saturated carbocycles. The van der Waals surface area contributed by atoms with Gasteiger partial charge in [0, 0.05) is 12.5 Å². The largest absolute Gasteiger partial charge is 0.481 e. The lowest BCUT2D eigenvalue weighted by molar-refractivity contribution is -0.143. The summed E-state index contributed by atoms with van der Waals surface area (Å²) < 4.78 is 25.8. The number of carbonyl (C=O) groups is 2. The Morgan fingerprint density at radius 3 is 2.38 bits per heavy atom. The highest BCUT2D eigenvalue weighted by Crippen LogP contribution is 2.39. The van der Waals surface area contributed by atoms with Crippen LogP contribution in [0, 0.1) is 5.92 Å². The molecular weight excluding hydrogens is 294 g/mol. The first-order valence-electron chi connectivity index (χ1n) is 7.52. The van der Waals surface area contributed by atoms with Crippen LogP contribution in [0.2, 0.25) is 0 Å². The van der Waals surface area contributed by atoms with E-state index in [1.54, 1.807) is 6.92 Å². The van der Waals surface area contributed by atoms with Gasteiger partial charge in [-0.15, -0.1) is 0 Å². The fourth-order valence-corrected chi connectivity index (χ4v) is 5.46. The van der Waals surface area contributed by atoms with Crippen molar-refractivity contribution in [3.63, 3.8) is 0 Å². The Morgan fingerprint density at radius 2 is 1.90 bits per heavy atom. The smallest absolute Gasteiger partial charge is 0.306 e. The van der Waals surface area contributed by atoms with Crippen LogP contribution in [0.25, 0.3) is 0 Å². The number of hydrogen-bond donors (Lipinski definition) is 1. The summed E-state index contributed by atoms with van der Waals surface area (Å²) in [4.78, 5) is 23.1. The van der Waals surface area contributed by atoms with Crippen LogP contribution in [0.3, 0.4) is 0 Å². The Bertz CT molecular complexity index is 536. The van der Waals surface area contributed by atoms with E-state index in [4.69, 9.17) is 5.11 Å². The van der Waals surface area contributed by atoms with Gasteiger partial charge in [0.2, 0.25) is 15.9 Å². The first kappa shape index (κ1) is 16.3. The van der Waals surface area contributed by atoms with E-state index in [0.717, 1.165) is 4.31 Å². The van der Waals surface area contributed by atoms with Gasteiger partial charge in [-0.3, -0.25) is 9.59 Å². The van der Waals surface area contributed by atoms with Crippen LogP contribution in [0.4, 0.5) is 0 Å². The molecule has 0 spiro atoms. The molecule has 1 saturated heterocycles. The lowest BCUT2D eigenvalue weighted by Crippen LogP contribution is -2.57. The monoisotopic (exact) mass is 317 g/mol. The van der Waals surface area contributed by atoms with Crippen LogP contribution in [-0.4, -0.2) is 40.5 Å². The standard InChI is InChI=1S/C14H23NO5S/c1-3-14(2)9-8-12(16)15(21(14,19)20)11-6-4-10(5-7-11)13(17)18/h10-11H,3-9H2,1-2H3,(H,17,18)/t10?,11?,14-/m0/s1. The molecule has 0 bridgehead atoms. The molecule has 7 heteroatoms. The van der Waals surface area contributed by atoms with E-state index in [9.17, 15) is 18.0 Å². The highest BCUT2D eigenvalue weighted by molar-refractivity contribution is 7.91. The summed E-state index contributed by atoms with van der Waals surface area (Å²) in [6, 6.07) is -0.371. The van der Waals surface area contributed by atoms with Crippen molar-refractivity contribution >= 4 is 21.9 Å². The Labute approximate surface area is 125 Å². The number of rotatable bonds is 3. The molecule has 1 aliphatic carbocycles. The minimum absolute atomic E-state index is 0.252. The molecule has 0 aromatic heterocycles. The third-order valence-corrected chi connectivity index (χ3v) is 7.88. The first-order valence-corrected chi connectivity index (χ1v) is 8.96. The predicted molar refractivity (Wildman–Crippen MR) is 77.1 cm³/mol. The van der Waals surface area contributed by atoms with Gasteiger partial charge < -0.3 is 5.11 Å². The number of nitrogens with zero attached hydrogens (tertiary/aromatic N) is 1. The zero-order valence-corrected chi connectivity index (χ0v) is 13.4. The summed E-state index contributed by atoms with van der Waals surface area (Å²) in [6.45, 7) is 3.53. The van der Waals surface area contributed by atoms with Crippen LogP contribution in [0.1, 0.15) is 58.8 Å². The lowest BCUT2D eigenvalue weighted by atomic mass is 9.86. The van der Waals surface area contributed by atoms with Crippen molar-refractivity contribution in [1.82, 2.24) is 4.31 Å². The number of sulfonamides is 1. The van der Waals surface area contributed by atoms with Crippen molar-refractivity contribution < 1.29 is 23.1 Å². The second-order valence-corrected chi connectivity index (χ2v) is 8.67. The van der Waals surface area contributed by atoms with Crippen molar-refractivity contribution in [2.75, 3.05) is 0 Å². The van der Waals surface area contributed by atoms with Gasteiger partial charge in [-0.1, -0.05) is 6.92 Å². The number of carboxylic acid groups (broad SMARTS) is 1. The Morgan fingerprint density at radius 1 is 1.33 bits per heavy atom. The molecule has 1 atom stereocenters. The van der Waals surface area contributed by atoms with E-state index in [1.807, 2.05) is 6.92 Å². The van der Waals surface area contributed by atoms with Gasteiger partial charge in [0.05, 0.1) is 10.7 Å². The number of carboxylic acids is 1. The van der Waals surface area contributed by atoms with Gasteiger partial charge in [0.25, 0.3) is 0 Å². The van der Waals surface area contributed by atoms with Crippen molar-refractivity contribution in [2.24, 2.45) is 5.92 Å². The second kappa shape index (κ2) is 5.59. The molecule has 120 valence electrons. The Hall–Kier alpha value is -1.11. The average molecular weight is 317 g/mol. The topological polar surface area (TPSA) is 91.8 Å². The van der Waals surface area contributed by atoms with Gasteiger partial charge in [0.1, 0.15) is 0 Å². The molecule has 2 fully saturated rings. The van der Waals surface area contributed by atoms with Gasteiger partial charge in [-0.25, -0.2) is 12.7 Å². The molecule has 0 aromatic rings. The molecule has 6 nitrogen and oxygen atoms in total. The second-order valence-electron chi connectivity index (χ2n) is 6.34. The Balaban J connectivity index is 2.22. The van der Waals surface area contributed by atoms with Crippen LogP contribution in [0.15, 0.2) is 0 Å². The zero-order chi connectivity index (χ0) is 15.8. The molecule has 1 amide bonds. The summed E-state index contributed by atoms with van der Waals surface area (Å²) in [5.74, 6) is -1.58. The van der Waals surface area contributed by atoms with E-state index in [0.29, 0.717) is 38.5 Å². The summed E-state index contributed by atoms with van der Waals surface area (Å²) in [5.41, 5.74) is 0. The molecule has 0 radical (unpaired) electrons. The van der Waals surface area contributed by atoms with Crippen molar-refractivity contribution in [3.05, 3.63) is 0 Å². The zero-order valence-electron chi connectivity index (χ0n) is 12.5. The van der Waals surface area contributed by atoms with E-state index >= 15 is 0 Å². The lowest BCUT2D eigenvalue weighted by Gasteiger charge is -2.44. The fourth-order valence-electron chi connectivity index (χ4n) is 3.30. The summed E-state index contributed by atoms with van der Waals surface area (Å²) in [7, 11) is -3.66. The highest BCUT2D eigenvalue weighted by Gasteiger charge is 2.50. The van der Waals surface area contributed by atoms with E-state index < -0.39 is 26.7 Å². The quantitative estimate of drug-likeness (QED) is 0.856. The normalized spacial score (nSPS) is 36.5. The SMILES string of the molecule is CC[C@@]1(C)CCC(=O)N(C2CCC(C(=O)O)CC2)S1(=O)=O. The maximum atomic E-state index is 12.8. The van der Waals surface area contributed by atoms with Gasteiger partial charge in [0.15, 0.2) is 0 Å². The Kier molecular flexibility index (Phi) is 4.33. The number of carbonyl (C=O) groups excluding carboxylic acids is 1. The molecule has 2 aliphatic rings. The molecule has 2 rings (SSSR count). The van der Waals surface area contributed by atoms with E-state index in [-0.39, 0.29) is 18.4 Å². The molecule has 0 aromatic carbocycles. The van der Waals surface area contributed by atoms with Crippen molar-refractivity contribution in [1.29, 1.82) is 0 Å². The minimum atomic E-state index is -3.66. The highest BCUT2D eigenvalue weighted by atomic mass is 32.2. The van der Waals surface area contributed by atoms with Gasteiger partial charge >= 0.3 is 5.97 Å². The molecule has 21 heavy (non-hydrogen) atoms. The van der Waals surface area contributed by atoms with Crippen LogP contribution < -0.4 is 0 Å². The summed E-state index contributed by atoms with van der Waals surface area (Å²) in [5, 5.41) is 9.01. The van der Waals surface area contributed by atoms with Crippen LogP contribution in [-0.2, 0) is 19.6 Å². The van der Waals surface area contributed by atoms with Gasteiger partial charge in [-0.05, 0) is 45.4 Å². The third kappa shape index (κ3) is 2.67. The van der Waals surface area contributed by atoms with Gasteiger partial charge in [-0.2, -0.15) is 0 Å². The van der Waals surface area contributed by atoms with E-state index in [1.165, 1.54) is 0 Å². The number of aliphatic carboxylic acids is 1. The maximum Gasteiger partial charge on any atom is 0.306 e. The maximum absolute atomic E-state index is 12.8. The van der Waals surface area contributed by atoms with Crippen molar-refractivity contribution in [3.8, 4) is 0 Å². The molecular formula is C14H23NO5S. The van der Waals surface area contributed by atoms with Crippen LogP contribution >= 0.6 is 0 Å². The number of hydrogen-bond acceptors (Lipinski definition) is 4. The van der Waals surface area contributed by atoms with Crippen molar-refractivity contribution in [2.45, 2.75) is 69.6 Å². The molecule has 1 N–H and O–H groups in total. The summed E-state index contributed by atoms with van der Waals surface area (Å²) in [6.07, 6.45) is 2.85. The third-order valence-electron chi connectivity index (χ3n) is 5.12. The molecule has 1 heterocycles. The van der Waals surface area contributed by atoms with E-state index in [2.05, 4.69) is 0 Å². The first-order chi connectivity index (χ1) is 9.73. The predicted octanol–water partition coefficient (Wildman–Crippen LogP) is 1.75. The summed E-state index contributed by atoms with van der Waals surface area (Å²) >= 11 is 0. The molecule has 0 unspecified atom stereocenters. The number of amides is 1. The van der Waals surface area contributed by atoms with Crippen LogP contribution in [0.5, 0.6) is 0 Å². The average Bonchev–Trinajstić information content (AvgIpc) is 2.44.